The van der Waals surface area contributed by atoms with Gasteiger partial charge in [0.05, 0.1) is 0 Å². The zero-order valence-electron chi connectivity index (χ0n) is 9.71. The van der Waals surface area contributed by atoms with E-state index in [-0.39, 0.29) is 18.2 Å². The highest BCUT2D eigenvalue weighted by Crippen LogP contribution is 2.35. The Kier molecular flexibility index (Phi) is 2.77. The van der Waals surface area contributed by atoms with Gasteiger partial charge in [-0.15, -0.1) is 0 Å². The lowest BCUT2D eigenvalue weighted by Gasteiger charge is -2.33. The van der Waals surface area contributed by atoms with Crippen molar-refractivity contribution < 1.29 is 13.5 Å². The first kappa shape index (κ1) is 11.8. The van der Waals surface area contributed by atoms with Gasteiger partial charge in [-0.25, -0.2) is 13.8 Å². The molecule has 5 heteroatoms. The smallest absolute Gasteiger partial charge is 0.283 e. The highest BCUT2D eigenvalue weighted by molar-refractivity contribution is 5.73. The molecule has 92 valence electrons. The Morgan fingerprint density at radius 2 is 2.24 bits per heavy atom. The summed E-state index contributed by atoms with van der Waals surface area (Å²) in [6.45, 7) is 3.12. The first-order chi connectivity index (χ1) is 7.93. The first-order valence-electron chi connectivity index (χ1n) is 5.32. The molecular weight excluding hydrogens is 226 g/mol. The van der Waals surface area contributed by atoms with Gasteiger partial charge in [0.25, 0.3) is 6.02 Å². The predicted octanol–water partition coefficient (Wildman–Crippen LogP) is 2.03. The van der Waals surface area contributed by atoms with Gasteiger partial charge in [-0.05, 0) is 19.9 Å². The summed E-state index contributed by atoms with van der Waals surface area (Å²) in [6, 6.07) is 4.41. The summed E-state index contributed by atoms with van der Waals surface area (Å²) >= 11 is 0. The molecule has 0 saturated carbocycles. The largest absolute Gasteiger partial charge is 0.462 e. The number of rotatable bonds is 1. The van der Waals surface area contributed by atoms with Crippen LogP contribution in [-0.4, -0.2) is 18.8 Å². The third-order valence-electron chi connectivity index (χ3n) is 3.00. The maximum absolute atomic E-state index is 13.9. The van der Waals surface area contributed by atoms with E-state index in [0.29, 0.717) is 0 Å². The summed E-state index contributed by atoms with van der Waals surface area (Å²) < 4.78 is 32.5. The number of aliphatic imine (C=N–C) groups is 1. The van der Waals surface area contributed by atoms with E-state index in [1.165, 1.54) is 13.0 Å². The van der Waals surface area contributed by atoms with E-state index in [9.17, 15) is 8.78 Å². The van der Waals surface area contributed by atoms with Crippen molar-refractivity contribution in [1.82, 2.24) is 0 Å². The molecule has 1 aromatic carbocycles. The molecule has 1 aromatic rings. The molecule has 0 aliphatic carbocycles. The number of nitrogens with two attached hydrogens (primary N) is 1. The summed E-state index contributed by atoms with van der Waals surface area (Å²) in [5, 5.41) is 0. The van der Waals surface area contributed by atoms with Crippen LogP contribution in [0.1, 0.15) is 18.1 Å². The van der Waals surface area contributed by atoms with Crippen LogP contribution in [0, 0.1) is 12.7 Å². The molecule has 0 bridgehead atoms. The molecule has 3 nitrogen and oxygen atoms in total. The molecule has 2 rings (SSSR count). The molecule has 1 aliphatic heterocycles. The molecule has 0 aromatic heterocycles. The lowest BCUT2D eigenvalue weighted by atomic mass is 9.86. The molecule has 0 fully saturated rings. The Labute approximate surface area is 98.3 Å². The standard InChI is InChI=1S/C12H14F2N2O/c1-7-3-4-9(13)8(5-7)12(2)10(14)6-17-11(15)16-12/h3-5,10H,6H2,1-2H3,(H2,15,16)/t10-,12+/m0/s1. The van der Waals surface area contributed by atoms with E-state index < -0.39 is 17.5 Å². The van der Waals surface area contributed by atoms with Crippen LogP contribution in [0.15, 0.2) is 23.2 Å². The van der Waals surface area contributed by atoms with Crippen LogP contribution in [0.3, 0.4) is 0 Å². The third-order valence-corrected chi connectivity index (χ3v) is 3.00. The molecule has 2 N–H and O–H groups in total. The molecule has 0 saturated heterocycles. The second kappa shape index (κ2) is 3.98. The summed E-state index contributed by atoms with van der Waals surface area (Å²) in [5.41, 5.74) is 5.16. The predicted molar refractivity (Wildman–Crippen MR) is 61.0 cm³/mol. The summed E-state index contributed by atoms with van der Waals surface area (Å²) in [5.74, 6) is -0.487. The minimum absolute atomic E-state index is 0.109. The Hall–Kier alpha value is -1.65. The van der Waals surface area contributed by atoms with Crippen molar-refractivity contribution in [3.63, 3.8) is 0 Å². The van der Waals surface area contributed by atoms with E-state index in [0.717, 1.165) is 5.56 Å². The van der Waals surface area contributed by atoms with Crippen LogP contribution >= 0.6 is 0 Å². The summed E-state index contributed by atoms with van der Waals surface area (Å²) in [4.78, 5) is 3.92. The monoisotopic (exact) mass is 240 g/mol. The number of ether oxygens (including phenoxy) is 1. The van der Waals surface area contributed by atoms with Gasteiger partial charge in [-0.2, -0.15) is 0 Å². The molecule has 0 radical (unpaired) electrons. The van der Waals surface area contributed by atoms with Crippen molar-refractivity contribution in [2.45, 2.75) is 25.6 Å². The van der Waals surface area contributed by atoms with Gasteiger partial charge in [0.1, 0.15) is 18.0 Å². The number of alkyl halides is 1. The number of benzene rings is 1. The second-order valence-corrected chi connectivity index (χ2v) is 4.36. The van der Waals surface area contributed by atoms with Gasteiger partial charge in [0, 0.05) is 5.56 Å². The van der Waals surface area contributed by atoms with Crippen molar-refractivity contribution in [2.75, 3.05) is 6.61 Å². The van der Waals surface area contributed by atoms with Crippen molar-refractivity contribution in [3.8, 4) is 0 Å². The second-order valence-electron chi connectivity index (χ2n) is 4.36. The molecule has 1 heterocycles. The number of hydrogen-bond acceptors (Lipinski definition) is 3. The highest BCUT2D eigenvalue weighted by atomic mass is 19.1. The van der Waals surface area contributed by atoms with Gasteiger partial charge in [0.15, 0.2) is 6.17 Å². The minimum atomic E-state index is -1.42. The van der Waals surface area contributed by atoms with Gasteiger partial charge in [-0.1, -0.05) is 17.7 Å². The molecule has 17 heavy (non-hydrogen) atoms. The Bertz CT molecular complexity index is 476. The van der Waals surface area contributed by atoms with E-state index >= 15 is 0 Å². The average Bonchev–Trinajstić information content (AvgIpc) is 2.27. The van der Waals surface area contributed by atoms with Crippen LogP contribution < -0.4 is 5.73 Å². The Morgan fingerprint density at radius 3 is 2.94 bits per heavy atom. The van der Waals surface area contributed by atoms with E-state index in [2.05, 4.69) is 4.99 Å². The van der Waals surface area contributed by atoms with Crippen LogP contribution in [0.5, 0.6) is 0 Å². The zero-order chi connectivity index (χ0) is 12.6. The lowest BCUT2D eigenvalue weighted by molar-refractivity contribution is 0.0923. The normalized spacial score (nSPS) is 28.5. The van der Waals surface area contributed by atoms with E-state index in [4.69, 9.17) is 10.5 Å². The SMILES string of the molecule is Cc1ccc(F)c([C@@]2(C)N=C(N)OC[C@@H]2F)c1. The van der Waals surface area contributed by atoms with Gasteiger partial charge in [-0.3, -0.25) is 0 Å². The van der Waals surface area contributed by atoms with Gasteiger partial charge >= 0.3 is 0 Å². The molecular formula is C12H14F2N2O. The summed E-state index contributed by atoms with van der Waals surface area (Å²) in [6.07, 6.45) is -1.42. The zero-order valence-corrected chi connectivity index (χ0v) is 9.71. The molecule has 1 aliphatic rings. The minimum Gasteiger partial charge on any atom is -0.462 e. The maximum atomic E-state index is 13.9. The van der Waals surface area contributed by atoms with Crippen LogP contribution in [0.4, 0.5) is 8.78 Å². The van der Waals surface area contributed by atoms with Gasteiger partial charge < -0.3 is 10.5 Å². The first-order valence-corrected chi connectivity index (χ1v) is 5.32. The number of halogens is 2. The molecule has 2 atom stereocenters. The Morgan fingerprint density at radius 1 is 1.53 bits per heavy atom. The van der Waals surface area contributed by atoms with E-state index in [1.807, 2.05) is 6.92 Å². The van der Waals surface area contributed by atoms with E-state index in [1.54, 1.807) is 12.1 Å². The number of nitrogens with zero attached hydrogens (tertiary/aromatic N) is 1. The lowest BCUT2D eigenvalue weighted by Crippen LogP contribution is -2.43. The van der Waals surface area contributed by atoms with Crippen molar-refractivity contribution in [3.05, 3.63) is 35.1 Å². The van der Waals surface area contributed by atoms with Crippen LogP contribution in [0.25, 0.3) is 0 Å². The average molecular weight is 240 g/mol. The fraction of sp³-hybridized carbons (Fsp3) is 0.417. The topological polar surface area (TPSA) is 47.6 Å². The number of amidine groups is 1. The molecule has 0 spiro atoms. The highest BCUT2D eigenvalue weighted by Gasteiger charge is 2.42. The number of hydrogen-bond donors (Lipinski definition) is 1. The van der Waals surface area contributed by atoms with Crippen LogP contribution in [-0.2, 0) is 10.3 Å². The fourth-order valence-corrected chi connectivity index (χ4v) is 1.91. The molecule has 0 unspecified atom stereocenters. The maximum Gasteiger partial charge on any atom is 0.283 e. The van der Waals surface area contributed by atoms with Crippen LogP contribution in [0.2, 0.25) is 0 Å². The molecule has 0 amide bonds. The number of aryl methyl sites for hydroxylation is 1. The van der Waals surface area contributed by atoms with Crippen molar-refractivity contribution in [2.24, 2.45) is 10.7 Å². The summed E-state index contributed by atoms with van der Waals surface area (Å²) in [7, 11) is 0. The van der Waals surface area contributed by atoms with Crippen molar-refractivity contribution >= 4 is 6.02 Å². The quantitative estimate of drug-likeness (QED) is 0.816. The third kappa shape index (κ3) is 1.97. The van der Waals surface area contributed by atoms with Crippen molar-refractivity contribution in [1.29, 1.82) is 0 Å². The van der Waals surface area contributed by atoms with Gasteiger partial charge in [0.2, 0.25) is 0 Å². The Balaban J connectivity index is 2.56. The fourth-order valence-electron chi connectivity index (χ4n) is 1.91.